The lowest BCUT2D eigenvalue weighted by atomic mass is 10.2. The monoisotopic (exact) mass is 351 g/mol. The number of amides is 1. The van der Waals surface area contributed by atoms with Crippen molar-refractivity contribution in [1.29, 1.82) is 0 Å². The normalized spacial score (nSPS) is 12.3. The molecule has 16 heavy (non-hydrogen) atoms. The average Bonchev–Trinajstić information content (AvgIpc) is 2.20. The van der Waals surface area contributed by atoms with E-state index in [1.807, 2.05) is 6.92 Å². The Hall–Kier alpha value is -0.420. The van der Waals surface area contributed by atoms with Crippen molar-refractivity contribution in [3.8, 4) is 0 Å². The second-order valence-corrected chi connectivity index (χ2v) is 5.99. The second-order valence-electron chi connectivity index (χ2n) is 3.57. The van der Waals surface area contributed by atoms with Crippen molar-refractivity contribution < 1.29 is 9.18 Å². The van der Waals surface area contributed by atoms with Crippen LogP contribution in [0.2, 0.25) is 0 Å². The number of carbonyl (C=O) groups is 1. The first kappa shape index (κ1) is 13.6. The van der Waals surface area contributed by atoms with Gasteiger partial charge in [-0.2, -0.15) is 0 Å². The topological polar surface area (TPSA) is 20.3 Å². The SMILES string of the molecule is CC(Br)CN(C)C(=O)c1cccc(Br)c1F. The number of hydrogen-bond donors (Lipinski definition) is 0. The minimum atomic E-state index is -0.512. The van der Waals surface area contributed by atoms with Crippen LogP contribution in [0.25, 0.3) is 0 Å². The standard InChI is InChI=1S/C11H12Br2FNO/c1-7(12)6-15(2)11(16)8-4-3-5-9(13)10(8)14/h3-5,7H,6H2,1-2H3. The van der Waals surface area contributed by atoms with Gasteiger partial charge in [0.25, 0.3) is 5.91 Å². The first-order chi connectivity index (χ1) is 7.43. The van der Waals surface area contributed by atoms with Gasteiger partial charge in [0.2, 0.25) is 0 Å². The van der Waals surface area contributed by atoms with Crippen molar-refractivity contribution in [3.63, 3.8) is 0 Å². The van der Waals surface area contributed by atoms with Crippen molar-refractivity contribution in [1.82, 2.24) is 4.90 Å². The Bertz CT molecular complexity index is 396. The quantitative estimate of drug-likeness (QED) is 0.763. The molecule has 0 N–H and O–H groups in total. The summed E-state index contributed by atoms with van der Waals surface area (Å²) in [6.07, 6.45) is 0. The van der Waals surface area contributed by atoms with Gasteiger partial charge in [0.1, 0.15) is 5.82 Å². The Morgan fingerprint density at radius 3 is 2.75 bits per heavy atom. The minimum Gasteiger partial charge on any atom is -0.341 e. The van der Waals surface area contributed by atoms with Crippen LogP contribution in [0.4, 0.5) is 4.39 Å². The molecule has 0 heterocycles. The summed E-state index contributed by atoms with van der Waals surface area (Å²) in [5.74, 6) is -0.827. The Balaban J connectivity index is 2.92. The zero-order chi connectivity index (χ0) is 12.3. The number of benzene rings is 1. The average molecular weight is 353 g/mol. The summed E-state index contributed by atoms with van der Waals surface area (Å²) >= 11 is 6.41. The Morgan fingerprint density at radius 1 is 1.56 bits per heavy atom. The van der Waals surface area contributed by atoms with E-state index in [9.17, 15) is 9.18 Å². The van der Waals surface area contributed by atoms with Crippen LogP contribution in [0.3, 0.4) is 0 Å². The van der Waals surface area contributed by atoms with Gasteiger partial charge in [-0.3, -0.25) is 4.79 Å². The molecule has 0 bridgehead atoms. The largest absolute Gasteiger partial charge is 0.341 e. The second kappa shape index (κ2) is 5.77. The summed E-state index contributed by atoms with van der Waals surface area (Å²) in [7, 11) is 1.65. The van der Waals surface area contributed by atoms with E-state index in [1.165, 1.54) is 11.0 Å². The number of halogens is 3. The lowest BCUT2D eigenvalue weighted by Crippen LogP contribution is -2.31. The van der Waals surface area contributed by atoms with Crippen LogP contribution in [-0.2, 0) is 0 Å². The number of hydrogen-bond acceptors (Lipinski definition) is 1. The van der Waals surface area contributed by atoms with Gasteiger partial charge in [-0.1, -0.05) is 28.9 Å². The van der Waals surface area contributed by atoms with E-state index >= 15 is 0 Å². The lowest BCUT2D eigenvalue weighted by molar-refractivity contribution is 0.0792. The van der Waals surface area contributed by atoms with E-state index in [2.05, 4.69) is 31.9 Å². The Morgan fingerprint density at radius 2 is 2.19 bits per heavy atom. The fraction of sp³-hybridized carbons (Fsp3) is 0.364. The summed E-state index contributed by atoms with van der Waals surface area (Å²) in [5.41, 5.74) is 0.0880. The molecule has 5 heteroatoms. The van der Waals surface area contributed by atoms with Crippen LogP contribution in [0.5, 0.6) is 0 Å². The van der Waals surface area contributed by atoms with Crippen LogP contribution in [0.15, 0.2) is 22.7 Å². The van der Waals surface area contributed by atoms with Crippen LogP contribution in [0.1, 0.15) is 17.3 Å². The van der Waals surface area contributed by atoms with E-state index in [4.69, 9.17) is 0 Å². The van der Waals surface area contributed by atoms with Gasteiger partial charge in [0, 0.05) is 18.4 Å². The summed E-state index contributed by atoms with van der Waals surface area (Å²) in [6.45, 7) is 2.46. The summed E-state index contributed by atoms with van der Waals surface area (Å²) in [6, 6.07) is 4.70. The molecule has 0 fully saturated rings. The fourth-order valence-electron chi connectivity index (χ4n) is 1.33. The molecule has 0 aromatic heterocycles. The zero-order valence-electron chi connectivity index (χ0n) is 9.01. The van der Waals surface area contributed by atoms with E-state index in [-0.39, 0.29) is 16.3 Å². The van der Waals surface area contributed by atoms with E-state index < -0.39 is 5.82 Å². The van der Waals surface area contributed by atoms with Gasteiger partial charge in [-0.05, 0) is 28.1 Å². The van der Waals surface area contributed by atoms with Crippen LogP contribution in [-0.4, -0.2) is 29.2 Å². The molecule has 0 aliphatic heterocycles. The van der Waals surface area contributed by atoms with Gasteiger partial charge in [0.05, 0.1) is 10.0 Å². The molecule has 0 spiro atoms. The Kier molecular flexibility index (Phi) is 4.92. The molecule has 1 unspecified atom stereocenters. The predicted molar refractivity (Wildman–Crippen MR) is 69.4 cm³/mol. The van der Waals surface area contributed by atoms with Crippen molar-refractivity contribution in [3.05, 3.63) is 34.1 Å². The predicted octanol–water partition coefficient (Wildman–Crippen LogP) is 3.44. The van der Waals surface area contributed by atoms with Gasteiger partial charge in [-0.15, -0.1) is 0 Å². The molecule has 0 radical (unpaired) electrons. The summed E-state index contributed by atoms with van der Waals surface area (Å²) in [4.78, 5) is 13.6. The highest BCUT2D eigenvalue weighted by Crippen LogP contribution is 2.19. The lowest BCUT2D eigenvalue weighted by Gasteiger charge is -2.19. The highest BCUT2D eigenvalue weighted by atomic mass is 79.9. The molecule has 2 nitrogen and oxygen atoms in total. The molecular formula is C11H12Br2FNO. The van der Waals surface area contributed by atoms with Crippen molar-refractivity contribution >= 4 is 37.8 Å². The maximum Gasteiger partial charge on any atom is 0.256 e. The molecule has 1 rings (SSSR count). The maximum atomic E-state index is 13.6. The Labute approximate surface area is 111 Å². The number of nitrogens with zero attached hydrogens (tertiary/aromatic N) is 1. The number of rotatable bonds is 3. The zero-order valence-corrected chi connectivity index (χ0v) is 12.2. The highest BCUT2D eigenvalue weighted by Gasteiger charge is 2.18. The number of alkyl halides is 1. The van der Waals surface area contributed by atoms with Crippen LogP contribution < -0.4 is 0 Å². The number of carbonyl (C=O) groups excluding carboxylic acids is 1. The van der Waals surface area contributed by atoms with E-state index in [1.54, 1.807) is 19.2 Å². The smallest absolute Gasteiger partial charge is 0.256 e. The van der Waals surface area contributed by atoms with E-state index in [0.29, 0.717) is 11.0 Å². The van der Waals surface area contributed by atoms with E-state index in [0.717, 1.165) is 0 Å². The highest BCUT2D eigenvalue weighted by molar-refractivity contribution is 9.10. The van der Waals surface area contributed by atoms with Crippen LogP contribution >= 0.6 is 31.9 Å². The third-order valence-electron chi connectivity index (χ3n) is 2.05. The molecule has 0 saturated carbocycles. The molecule has 88 valence electrons. The minimum absolute atomic E-state index is 0.0880. The van der Waals surface area contributed by atoms with Crippen molar-refractivity contribution in [2.45, 2.75) is 11.8 Å². The molecule has 0 aliphatic carbocycles. The van der Waals surface area contributed by atoms with Crippen molar-refractivity contribution in [2.75, 3.05) is 13.6 Å². The van der Waals surface area contributed by atoms with Gasteiger partial charge in [0.15, 0.2) is 0 Å². The first-order valence-electron chi connectivity index (χ1n) is 4.77. The summed E-state index contributed by atoms with van der Waals surface area (Å²) < 4.78 is 13.9. The molecule has 1 aromatic carbocycles. The van der Waals surface area contributed by atoms with Crippen molar-refractivity contribution in [2.24, 2.45) is 0 Å². The third-order valence-corrected chi connectivity index (χ3v) is 2.96. The molecular weight excluding hydrogens is 341 g/mol. The summed E-state index contributed by atoms with van der Waals surface area (Å²) in [5, 5.41) is 0. The molecule has 1 aromatic rings. The van der Waals surface area contributed by atoms with Gasteiger partial charge in [-0.25, -0.2) is 4.39 Å². The molecule has 1 atom stereocenters. The first-order valence-corrected chi connectivity index (χ1v) is 6.48. The molecule has 1 amide bonds. The van der Waals surface area contributed by atoms with Gasteiger partial charge < -0.3 is 4.90 Å². The third kappa shape index (κ3) is 3.28. The molecule has 0 aliphatic rings. The molecule has 0 saturated heterocycles. The van der Waals surface area contributed by atoms with Crippen LogP contribution in [0, 0.1) is 5.82 Å². The fourth-order valence-corrected chi connectivity index (χ4v) is 2.14. The van der Waals surface area contributed by atoms with Gasteiger partial charge >= 0.3 is 0 Å². The maximum absolute atomic E-state index is 13.6.